The predicted molar refractivity (Wildman–Crippen MR) is 126 cm³/mol. The minimum atomic E-state index is -0.343. The standard InChI is InChI=1S/C26H23FN4O2/c1-31(2)21-9-3-18(4-10-21)17-29-26(32)25-28-16-15-24(30-25)19-5-11-22(12-6-19)33-23-13-7-20(27)8-14-23/h3-16H,17H2,1-2H3,(H,29,32). The van der Waals surface area contributed by atoms with Gasteiger partial charge in [0.2, 0.25) is 5.82 Å². The van der Waals surface area contributed by atoms with E-state index in [1.807, 2.05) is 55.4 Å². The van der Waals surface area contributed by atoms with Crippen LogP contribution in [0.3, 0.4) is 0 Å². The van der Waals surface area contributed by atoms with Crippen molar-refractivity contribution in [2.75, 3.05) is 19.0 Å². The fraction of sp³-hybridized carbons (Fsp3) is 0.115. The van der Waals surface area contributed by atoms with Gasteiger partial charge >= 0.3 is 0 Å². The summed E-state index contributed by atoms with van der Waals surface area (Å²) in [4.78, 5) is 23.1. The second-order valence-electron chi connectivity index (χ2n) is 7.59. The van der Waals surface area contributed by atoms with Gasteiger partial charge in [-0.25, -0.2) is 14.4 Å². The summed E-state index contributed by atoms with van der Waals surface area (Å²) in [7, 11) is 3.96. The summed E-state index contributed by atoms with van der Waals surface area (Å²) < 4.78 is 18.7. The maximum Gasteiger partial charge on any atom is 0.289 e. The van der Waals surface area contributed by atoms with Gasteiger partial charge in [0.15, 0.2) is 0 Å². The van der Waals surface area contributed by atoms with Crippen LogP contribution >= 0.6 is 0 Å². The maximum atomic E-state index is 13.0. The number of nitrogens with one attached hydrogen (secondary N) is 1. The molecule has 0 unspecified atom stereocenters. The first-order valence-corrected chi connectivity index (χ1v) is 10.4. The van der Waals surface area contributed by atoms with Gasteiger partial charge in [-0.2, -0.15) is 0 Å². The van der Waals surface area contributed by atoms with Gasteiger partial charge in [0.25, 0.3) is 5.91 Å². The lowest BCUT2D eigenvalue weighted by molar-refractivity contribution is 0.0940. The number of anilines is 1. The molecule has 0 aliphatic rings. The summed E-state index contributed by atoms with van der Waals surface area (Å²) in [6.45, 7) is 0.384. The molecule has 0 saturated heterocycles. The number of benzene rings is 3. The average Bonchev–Trinajstić information content (AvgIpc) is 2.85. The van der Waals surface area contributed by atoms with Gasteiger partial charge in [0.05, 0.1) is 5.69 Å². The lowest BCUT2D eigenvalue weighted by atomic mass is 10.1. The molecule has 0 atom stereocenters. The monoisotopic (exact) mass is 442 g/mol. The third-order valence-electron chi connectivity index (χ3n) is 4.96. The third-order valence-corrected chi connectivity index (χ3v) is 4.96. The second-order valence-corrected chi connectivity index (χ2v) is 7.59. The van der Waals surface area contributed by atoms with Gasteiger partial charge in [-0.05, 0) is 72.3 Å². The van der Waals surface area contributed by atoms with Gasteiger partial charge in [0, 0.05) is 38.1 Å². The Morgan fingerprint density at radius 3 is 2.18 bits per heavy atom. The van der Waals surface area contributed by atoms with Crippen molar-refractivity contribution in [3.05, 3.63) is 102 Å². The normalized spacial score (nSPS) is 10.5. The van der Waals surface area contributed by atoms with Crippen molar-refractivity contribution in [2.45, 2.75) is 6.54 Å². The number of hydrogen-bond donors (Lipinski definition) is 1. The Morgan fingerprint density at radius 2 is 1.55 bits per heavy atom. The number of aromatic nitrogens is 2. The van der Waals surface area contributed by atoms with Crippen molar-refractivity contribution < 1.29 is 13.9 Å². The molecule has 33 heavy (non-hydrogen) atoms. The molecule has 0 spiro atoms. The highest BCUT2D eigenvalue weighted by molar-refractivity contribution is 5.90. The topological polar surface area (TPSA) is 67.4 Å². The summed E-state index contributed by atoms with van der Waals surface area (Å²) in [6.07, 6.45) is 1.56. The van der Waals surface area contributed by atoms with E-state index in [-0.39, 0.29) is 17.5 Å². The molecule has 4 aromatic rings. The molecule has 0 radical (unpaired) electrons. The summed E-state index contributed by atoms with van der Waals surface area (Å²) in [5.41, 5.74) is 3.52. The number of amides is 1. The molecule has 4 rings (SSSR count). The molecule has 6 nitrogen and oxygen atoms in total. The molecule has 0 saturated carbocycles. The Kier molecular flexibility index (Phi) is 6.59. The number of carbonyl (C=O) groups is 1. The molecular formula is C26H23FN4O2. The number of rotatable bonds is 7. The molecule has 0 aliphatic carbocycles. The second kappa shape index (κ2) is 9.91. The van der Waals surface area contributed by atoms with Crippen LogP contribution in [0.1, 0.15) is 16.2 Å². The fourth-order valence-electron chi connectivity index (χ4n) is 3.13. The van der Waals surface area contributed by atoms with Gasteiger partial charge in [-0.3, -0.25) is 4.79 Å². The average molecular weight is 442 g/mol. The van der Waals surface area contributed by atoms with E-state index in [1.54, 1.807) is 36.5 Å². The lowest BCUT2D eigenvalue weighted by Gasteiger charge is -2.12. The number of carbonyl (C=O) groups excluding carboxylic acids is 1. The smallest absolute Gasteiger partial charge is 0.289 e. The van der Waals surface area contributed by atoms with E-state index < -0.39 is 0 Å². The molecule has 0 fully saturated rings. The van der Waals surface area contributed by atoms with Gasteiger partial charge in [-0.15, -0.1) is 0 Å². The molecule has 0 bridgehead atoms. The van der Waals surface area contributed by atoms with E-state index in [1.165, 1.54) is 12.1 Å². The zero-order valence-corrected chi connectivity index (χ0v) is 18.3. The quantitative estimate of drug-likeness (QED) is 0.433. The number of halogens is 1. The summed E-state index contributed by atoms with van der Waals surface area (Å²) in [6, 6.07) is 22.8. The van der Waals surface area contributed by atoms with E-state index in [9.17, 15) is 9.18 Å². The number of hydrogen-bond acceptors (Lipinski definition) is 5. The summed E-state index contributed by atoms with van der Waals surface area (Å²) >= 11 is 0. The van der Waals surface area contributed by atoms with Crippen LogP contribution in [0.2, 0.25) is 0 Å². The number of ether oxygens (including phenoxy) is 1. The highest BCUT2D eigenvalue weighted by Gasteiger charge is 2.11. The van der Waals surface area contributed by atoms with E-state index in [4.69, 9.17) is 4.74 Å². The largest absolute Gasteiger partial charge is 0.457 e. The molecular weight excluding hydrogens is 419 g/mol. The highest BCUT2D eigenvalue weighted by atomic mass is 19.1. The van der Waals surface area contributed by atoms with Crippen molar-refractivity contribution in [3.63, 3.8) is 0 Å². The zero-order valence-electron chi connectivity index (χ0n) is 18.3. The lowest BCUT2D eigenvalue weighted by Crippen LogP contribution is -2.25. The molecule has 7 heteroatoms. The van der Waals surface area contributed by atoms with Crippen LogP contribution < -0.4 is 15.0 Å². The maximum absolute atomic E-state index is 13.0. The summed E-state index contributed by atoms with van der Waals surface area (Å²) in [5, 5.41) is 2.86. The molecule has 3 aromatic carbocycles. The minimum Gasteiger partial charge on any atom is -0.457 e. The van der Waals surface area contributed by atoms with E-state index >= 15 is 0 Å². The molecule has 166 valence electrons. The Bertz CT molecular complexity index is 1220. The van der Waals surface area contributed by atoms with Crippen LogP contribution in [0, 0.1) is 5.82 Å². The Hall–Kier alpha value is -4.26. The van der Waals surface area contributed by atoms with Crippen LogP contribution in [0.25, 0.3) is 11.3 Å². The number of nitrogens with zero attached hydrogens (tertiary/aromatic N) is 3. The van der Waals surface area contributed by atoms with Crippen LogP contribution in [0.4, 0.5) is 10.1 Å². The van der Waals surface area contributed by atoms with Crippen molar-refractivity contribution >= 4 is 11.6 Å². The van der Waals surface area contributed by atoms with Crippen molar-refractivity contribution in [1.29, 1.82) is 0 Å². The van der Waals surface area contributed by atoms with E-state index in [2.05, 4.69) is 15.3 Å². The Balaban J connectivity index is 1.40. The Morgan fingerprint density at radius 1 is 0.909 bits per heavy atom. The molecule has 1 amide bonds. The minimum absolute atomic E-state index is 0.101. The van der Waals surface area contributed by atoms with E-state index in [0.717, 1.165) is 16.8 Å². The van der Waals surface area contributed by atoms with Crippen molar-refractivity contribution in [2.24, 2.45) is 0 Å². The Labute approximate surface area is 191 Å². The molecule has 1 N–H and O–H groups in total. The third kappa shape index (κ3) is 5.71. The van der Waals surface area contributed by atoms with Crippen LogP contribution in [-0.2, 0) is 6.54 Å². The fourth-order valence-corrected chi connectivity index (χ4v) is 3.13. The van der Waals surface area contributed by atoms with Crippen LogP contribution in [0.5, 0.6) is 11.5 Å². The van der Waals surface area contributed by atoms with Crippen LogP contribution in [0.15, 0.2) is 85.1 Å². The van der Waals surface area contributed by atoms with Crippen molar-refractivity contribution in [1.82, 2.24) is 15.3 Å². The van der Waals surface area contributed by atoms with E-state index in [0.29, 0.717) is 23.7 Å². The zero-order chi connectivity index (χ0) is 23.2. The van der Waals surface area contributed by atoms with Crippen molar-refractivity contribution in [3.8, 4) is 22.8 Å². The first-order chi connectivity index (χ1) is 16.0. The van der Waals surface area contributed by atoms with Gasteiger partial charge in [0.1, 0.15) is 17.3 Å². The summed E-state index contributed by atoms with van der Waals surface area (Å²) in [5.74, 6) is 0.594. The molecule has 1 aromatic heterocycles. The van der Waals surface area contributed by atoms with Gasteiger partial charge < -0.3 is 15.0 Å². The highest BCUT2D eigenvalue weighted by Crippen LogP contribution is 2.25. The molecule has 0 aliphatic heterocycles. The first-order valence-electron chi connectivity index (χ1n) is 10.4. The predicted octanol–water partition coefficient (Wildman–Crippen LogP) is 5.07. The SMILES string of the molecule is CN(C)c1ccc(CNC(=O)c2nccc(-c3ccc(Oc4ccc(F)cc4)cc3)n2)cc1. The van der Waals surface area contributed by atoms with Gasteiger partial charge in [-0.1, -0.05) is 12.1 Å². The first kappa shape index (κ1) is 22.0. The van der Waals surface area contributed by atoms with Crippen LogP contribution in [-0.4, -0.2) is 30.0 Å². The molecule has 1 heterocycles.